The maximum atomic E-state index is 13.1. The molecule has 4 aromatic rings. The van der Waals surface area contributed by atoms with Gasteiger partial charge in [0.1, 0.15) is 77.1 Å². The summed E-state index contributed by atoms with van der Waals surface area (Å²) in [5, 5.41) is 26.0. The standard InChI is InChI=1S/C42H46ClN7O10S/c1-23(47-39(53)59-41(3,4)5)37(51)57-21-30(58-38(52)24(2)48-40(54)60-42(6,7)8)20-55-29-15-11-25(12-16-29)33-31(17-44)34(46)50-36(32(33)18-45)61-22-28-19-56-35(49-28)26-9-13-27(43)14-10-26/h9-16,19,23-24,30H,20-22H2,1-8H3,(H2,46,50)(H,47,53)(H,48,54)/t23-,24-,30-/m0/s1. The van der Waals surface area contributed by atoms with Gasteiger partial charge in [-0.25, -0.2) is 29.1 Å². The van der Waals surface area contributed by atoms with Crippen LogP contribution in [0.4, 0.5) is 15.4 Å². The van der Waals surface area contributed by atoms with Gasteiger partial charge in [0.2, 0.25) is 5.89 Å². The summed E-state index contributed by atoms with van der Waals surface area (Å²) in [4.78, 5) is 59.2. The van der Waals surface area contributed by atoms with Crippen molar-refractivity contribution in [3.63, 3.8) is 0 Å². The van der Waals surface area contributed by atoms with Gasteiger partial charge in [-0.1, -0.05) is 35.5 Å². The average Bonchev–Trinajstić information content (AvgIpc) is 3.65. The molecule has 322 valence electrons. The van der Waals surface area contributed by atoms with Crippen LogP contribution in [0.3, 0.4) is 0 Å². The van der Waals surface area contributed by atoms with E-state index < -0.39 is 60.1 Å². The number of ether oxygens (including phenoxy) is 5. The largest absolute Gasteiger partial charge is 0.490 e. The number of halogens is 1. The highest BCUT2D eigenvalue weighted by atomic mass is 35.5. The number of thioether (sulfide) groups is 1. The molecule has 2 aromatic heterocycles. The smallest absolute Gasteiger partial charge is 0.408 e. The SMILES string of the molecule is C[C@H](NC(=O)OC(C)(C)C)C(=O)OC[C@H](COc1ccc(-c2c(C#N)c(N)nc(SCc3coc(-c4ccc(Cl)cc4)n3)c2C#N)cc1)OC(=O)[C@H](C)NC(=O)OC(C)(C)C. The number of benzene rings is 2. The van der Waals surface area contributed by atoms with Gasteiger partial charge in [-0.3, -0.25) is 0 Å². The van der Waals surface area contributed by atoms with Gasteiger partial charge in [0.25, 0.3) is 0 Å². The van der Waals surface area contributed by atoms with Crippen molar-refractivity contribution in [1.82, 2.24) is 20.6 Å². The Bertz CT molecular complexity index is 2290. The van der Waals surface area contributed by atoms with Crippen LogP contribution in [-0.2, 0) is 34.3 Å². The Balaban J connectivity index is 1.50. The van der Waals surface area contributed by atoms with Gasteiger partial charge in [0.15, 0.2) is 6.10 Å². The first-order valence-electron chi connectivity index (χ1n) is 18.7. The number of oxazole rings is 1. The number of anilines is 1. The molecule has 0 radical (unpaired) electrons. The van der Waals surface area contributed by atoms with Gasteiger partial charge < -0.3 is 44.5 Å². The van der Waals surface area contributed by atoms with E-state index in [1.807, 2.05) is 6.07 Å². The summed E-state index contributed by atoms with van der Waals surface area (Å²) in [5.41, 5.74) is 6.74. The summed E-state index contributed by atoms with van der Waals surface area (Å²) in [6, 6.07) is 15.2. The lowest BCUT2D eigenvalue weighted by Crippen LogP contribution is -2.45. The van der Waals surface area contributed by atoms with Crippen LogP contribution < -0.4 is 21.1 Å². The quantitative estimate of drug-likeness (QED) is 0.0600. The number of esters is 2. The number of carbonyl (C=O) groups is 4. The molecule has 3 atom stereocenters. The van der Waals surface area contributed by atoms with Gasteiger partial charge in [0, 0.05) is 21.9 Å². The Morgan fingerprint density at radius 2 is 1.38 bits per heavy atom. The highest BCUT2D eigenvalue weighted by Gasteiger charge is 2.28. The number of rotatable bonds is 15. The number of nitriles is 2. The van der Waals surface area contributed by atoms with Crippen molar-refractivity contribution >= 4 is 53.3 Å². The third kappa shape index (κ3) is 14.3. The second kappa shape index (κ2) is 20.7. The van der Waals surface area contributed by atoms with E-state index in [9.17, 15) is 29.7 Å². The summed E-state index contributed by atoms with van der Waals surface area (Å²) >= 11 is 7.19. The Labute approximate surface area is 362 Å². The van der Waals surface area contributed by atoms with Crippen LogP contribution in [0.1, 0.15) is 72.2 Å². The Morgan fingerprint density at radius 1 is 0.820 bits per heavy atom. The number of nitrogens with zero attached hydrogens (tertiary/aromatic N) is 4. The highest BCUT2D eigenvalue weighted by molar-refractivity contribution is 7.98. The molecular weight excluding hydrogens is 830 g/mol. The monoisotopic (exact) mass is 875 g/mol. The number of amides is 2. The van der Waals surface area contributed by atoms with E-state index in [4.69, 9.17) is 45.4 Å². The lowest BCUT2D eigenvalue weighted by Gasteiger charge is -2.24. The Morgan fingerprint density at radius 3 is 1.93 bits per heavy atom. The molecule has 4 N–H and O–H groups in total. The molecule has 2 heterocycles. The molecule has 0 aliphatic heterocycles. The van der Waals surface area contributed by atoms with E-state index in [0.29, 0.717) is 22.2 Å². The van der Waals surface area contributed by atoms with Crippen LogP contribution in [0.15, 0.2) is 64.2 Å². The van der Waals surface area contributed by atoms with Gasteiger partial charge in [-0.15, -0.1) is 0 Å². The molecule has 2 amide bonds. The van der Waals surface area contributed by atoms with Crippen LogP contribution >= 0.6 is 23.4 Å². The number of nitrogen functional groups attached to an aromatic ring is 1. The van der Waals surface area contributed by atoms with E-state index >= 15 is 0 Å². The Hall–Kier alpha value is -6.50. The van der Waals surface area contributed by atoms with Crippen LogP contribution in [0.5, 0.6) is 5.75 Å². The molecule has 0 saturated heterocycles. The molecule has 2 aromatic carbocycles. The summed E-state index contributed by atoms with van der Waals surface area (Å²) in [5.74, 6) is -0.880. The van der Waals surface area contributed by atoms with Crippen LogP contribution in [0.25, 0.3) is 22.6 Å². The number of alkyl carbamates (subject to hydrolysis) is 2. The molecule has 0 aliphatic rings. The molecule has 0 saturated carbocycles. The van der Waals surface area contributed by atoms with Crippen LogP contribution in [0, 0.1) is 22.7 Å². The maximum Gasteiger partial charge on any atom is 0.408 e. The second-order valence-electron chi connectivity index (χ2n) is 15.4. The molecule has 19 heteroatoms. The number of nitrogens with two attached hydrogens (primary N) is 1. The zero-order valence-corrected chi connectivity index (χ0v) is 36.4. The molecular formula is C42H46ClN7O10S. The van der Waals surface area contributed by atoms with Gasteiger partial charge >= 0.3 is 24.1 Å². The summed E-state index contributed by atoms with van der Waals surface area (Å²) in [6.45, 7) is 11.9. The minimum absolute atomic E-state index is 0.000630. The fourth-order valence-corrected chi connectivity index (χ4v) is 6.11. The van der Waals surface area contributed by atoms with Crippen molar-refractivity contribution < 1.29 is 47.3 Å². The number of aromatic nitrogens is 2. The number of hydrogen-bond acceptors (Lipinski definition) is 16. The predicted octanol–water partition coefficient (Wildman–Crippen LogP) is 7.34. The van der Waals surface area contributed by atoms with Gasteiger partial charge in [-0.05, 0) is 97.4 Å². The first-order valence-corrected chi connectivity index (χ1v) is 20.1. The summed E-state index contributed by atoms with van der Waals surface area (Å²) < 4.78 is 32.9. The van der Waals surface area contributed by atoms with Crippen LogP contribution in [-0.4, -0.2) is 76.7 Å². The molecule has 61 heavy (non-hydrogen) atoms. The molecule has 0 aliphatic carbocycles. The zero-order valence-electron chi connectivity index (χ0n) is 34.8. The van der Waals surface area contributed by atoms with Crippen molar-refractivity contribution in [1.29, 1.82) is 10.5 Å². The maximum absolute atomic E-state index is 13.1. The predicted molar refractivity (Wildman–Crippen MR) is 224 cm³/mol. The lowest BCUT2D eigenvalue weighted by atomic mass is 9.97. The molecule has 0 bridgehead atoms. The highest BCUT2D eigenvalue weighted by Crippen LogP contribution is 2.37. The fraction of sp³-hybridized carbons (Fsp3) is 0.381. The number of pyridine rings is 1. The topological polar surface area (TPSA) is 251 Å². The second-order valence-corrected chi connectivity index (χ2v) is 16.8. The zero-order chi connectivity index (χ0) is 45.1. The van der Waals surface area contributed by atoms with Crippen LogP contribution in [0.2, 0.25) is 5.02 Å². The molecule has 0 fully saturated rings. The van der Waals surface area contributed by atoms with Gasteiger partial charge in [-0.2, -0.15) is 10.5 Å². The summed E-state index contributed by atoms with van der Waals surface area (Å²) in [6.07, 6.45) is -1.39. The first kappa shape index (κ1) is 47.2. The van der Waals surface area contributed by atoms with Crippen molar-refractivity contribution in [2.75, 3.05) is 18.9 Å². The molecule has 17 nitrogen and oxygen atoms in total. The van der Waals surface area contributed by atoms with Crippen molar-refractivity contribution in [3.05, 3.63) is 76.6 Å². The van der Waals surface area contributed by atoms with Gasteiger partial charge in [0.05, 0.1) is 11.3 Å². The minimum Gasteiger partial charge on any atom is -0.490 e. The van der Waals surface area contributed by atoms with Crippen molar-refractivity contribution in [2.24, 2.45) is 0 Å². The third-order valence-corrected chi connectivity index (χ3v) is 9.12. The fourth-order valence-electron chi connectivity index (χ4n) is 5.11. The molecule has 4 rings (SSSR count). The van der Waals surface area contributed by atoms with Crippen molar-refractivity contribution in [3.8, 4) is 40.5 Å². The summed E-state index contributed by atoms with van der Waals surface area (Å²) in [7, 11) is 0. The number of nitrogens with one attached hydrogen (secondary N) is 2. The molecule has 0 unspecified atom stereocenters. The van der Waals surface area contributed by atoms with E-state index in [1.165, 1.54) is 31.9 Å². The van der Waals surface area contributed by atoms with Crippen molar-refractivity contribution in [2.45, 2.75) is 95.6 Å². The third-order valence-electron chi connectivity index (χ3n) is 7.86. The Kier molecular flexibility index (Phi) is 16.0. The molecule has 0 spiro atoms. The van der Waals surface area contributed by atoms with E-state index in [0.717, 1.165) is 5.56 Å². The lowest BCUT2D eigenvalue weighted by molar-refractivity contribution is -0.162. The average molecular weight is 876 g/mol. The first-order chi connectivity index (χ1) is 28.7. The number of carbonyl (C=O) groups excluding carboxylic acids is 4. The minimum atomic E-state index is -1.20. The number of hydrogen-bond donors (Lipinski definition) is 3. The normalized spacial score (nSPS) is 12.7. The van der Waals surface area contributed by atoms with E-state index in [2.05, 4.69) is 26.7 Å². The van der Waals surface area contributed by atoms with E-state index in [-0.39, 0.29) is 45.6 Å². The van der Waals surface area contributed by atoms with E-state index in [1.54, 1.807) is 90.1 Å².